The summed E-state index contributed by atoms with van der Waals surface area (Å²) in [5.74, 6) is -2.63. The highest BCUT2D eigenvalue weighted by Gasteiger charge is 2.14. The topological polar surface area (TPSA) is 58.4 Å². The summed E-state index contributed by atoms with van der Waals surface area (Å²) in [6.07, 6.45) is 0.768. The van der Waals surface area contributed by atoms with Gasteiger partial charge in [-0.1, -0.05) is 0 Å². The molecule has 3 N–H and O–H groups in total. The van der Waals surface area contributed by atoms with Crippen molar-refractivity contribution in [2.75, 3.05) is 25.9 Å². The number of benzene rings is 1. The molecule has 0 radical (unpaired) electrons. The Morgan fingerprint density at radius 3 is 2.55 bits per heavy atom. The number of nitrogens with zero attached hydrogens (tertiary/aromatic N) is 1. The van der Waals surface area contributed by atoms with Crippen LogP contribution in [0.15, 0.2) is 12.1 Å². The van der Waals surface area contributed by atoms with Crippen LogP contribution in [0.4, 0.5) is 14.5 Å². The molecule has 1 aromatic rings. The first-order valence-corrected chi connectivity index (χ1v) is 6.56. The van der Waals surface area contributed by atoms with Crippen molar-refractivity contribution in [3.8, 4) is 0 Å². The molecule has 0 aliphatic heterocycles. The van der Waals surface area contributed by atoms with Crippen molar-refractivity contribution >= 4 is 11.6 Å². The number of hydrogen-bond acceptors (Lipinski definition) is 3. The number of hydrogen-bond donors (Lipinski definition) is 2. The van der Waals surface area contributed by atoms with Crippen molar-refractivity contribution in [3.05, 3.63) is 29.3 Å². The van der Waals surface area contributed by atoms with Crippen LogP contribution in [0.1, 0.15) is 30.6 Å². The first-order valence-electron chi connectivity index (χ1n) is 6.56. The van der Waals surface area contributed by atoms with Gasteiger partial charge in [0.25, 0.3) is 5.91 Å². The van der Waals surface area contributed by atoms with E-state index in [-0.39, 0.29) is 11.3 Å². The SMILES string of the molecule is CC(C)N(C)CCCNC(=O)c1cc(F)c(F)cc1N. The molecule has 112 valence electrons. The standard InChI is InChI=1S/C14H21F2N3O/c1-9(2)19(3)6-4-5-18-14(20)10-7-11(15)12(16)8-13(10)17/h7-9H,4-6,17H2,1-3H3,(H,18,20). The molecule has 0 aliphatic rings. The Kier molecular flexibility index (Phi) is 5.88. The van der Waals surface area contributed by atoms with Crippen LogP contribution in [0, 0.1) is 11.6 Å². The number of carbonyl (C=O) groups is 1. The molecule has 0 saturated heterocycles. The average Bonchev–Trinajstić information content (AvgIpc) is 2.38. The second-order valence-corrected chi connectivity index (χ2v) is 5.04. The third kappa shape index (κ3) is 4.45. The summed E-state index contributed by atoms with van der Waals surface area (Å²) in [4.78, 5) is 14.0. The number of rotatable bonds is 6. The monoisotopic (exact) mass is 285 g/mol. The fraction of sp³-hybridized carbons (Fsp3) is 0.500. The fourth-order valence-corrected chi connectivity index (χ4v) is 1.64. The molecule has 1 amide bonds. The molecule has 0 aliphatic carbocycles. The van der Waals surface area contributed by atoms with E-state index in [0.717, 1.165) is 25.1 Å². The summed E-state index contributed by atoms with van der Waals surface area (Å²) >= 11 is 0. The van der Waals surface area contributed by atoms with Crippen molar-refractivity contribution in [2.24, 2.45) is 0 Å². The number of carbonyl (C=O) groups excluding carboxylic acids is 1. The molecule has 0 aromatic heterocycles. The zero-order chi connectivity index (χ0) is 15.3. The van der Waals surface area contributed by atoms with Crippen molar-refractivity contribution in [2.45, 2.75) is 26.3 Å². The van der Waals surface area contributed by atoms with Crippen molar-refractivity contribution in [1.29, 1.82) is 0 Å². The van der Waals surface area contributed by atoms with E-state index >= 15 is 0 Å². The summed E-state index contributed by atoms with van der Waals surface area (Å²) in [5.41, 5.74) is 5.40. The minimum atomic E-state index is -1.08. The zero-order valence-corrected chi connectivity index (χ0v) is 12.0. The van der Waals surface area contributed by atoms with Gasteiger partial charge in [0, 0.05) is 24.3 Å². The quantitative estimate of drug-likeness (QED) is 0.621. The smallest absolute Gasteiger partial charge is 0.253 e. The van der Waals surface area contributed by atoms with Crippen molar-refractivity contribution < 1.29 is 13.6 Å². The number of halogens is 2. The van der Waals surface area contributed by atoms with Crippen LogP contribution in [0.2, 0.25) is 0 Å². The molecule has 6 heteroatoms. The van der Waals surface area contributed by atoms with Crippen molar-refractivity contribution in [3.63, 3.8) is 0 Å². The molecule has 1 rings (SSSR count). The zero-order valence-electron chi connectivity index (χ0n) is 12.0. The van der Waals surface area contributed by atoms with Gasteiger partial charge in [-0.05, 0) is 39.9 Å². The highest BCUT2D eigenvalue weighted by molar-refractivity contribution is 5.99. The molecular formula is C14H21F2N3O. The fourth-order valence-electron chi connectivity index (χ4n) is 1.64. The van der Waals surface area contributed by atoms with E-state index in [4.69, 9.17) is 5.73 Å². The summed E-state index contributed by atoms with van der Waals surface area (Å²) in [6, 6.07) is 2.07. The van der Waals surface area contributed by atoms with Gasteiger partial charge in [0.1, 0.15) is 0 Å². The first-order chi connectivity index (χ1) is 9.32. The number of nitrogens with two attached hydrogens (primary N) is 1. The Balaban J connectivity index is 2.50. The molecule has 0 bridgehead atoms. The lowest BCUT2D eigenvalue weighted by Crippen LogP contribution is -2.31. The van der Waals surface area contributed by atoms with Crippen LogP contribution in [-0.4, -0.2) is 37.0 Å². The van der Waals surface area contributed by atoms with Gasteiger partial charge in [0.05, 0.1) is 5.56 Å². The normalized spacial score (nSPS) is 11.2. The van der Waals surface area contributed by atoms with E-state index in [1.54, 1.807) is 0 Å². The summed E-state index contributed by atoms with van der Waals surface area (Å²) in [6.45, 7) is 5.46. The Bertz CT molecular complexity index is 478. The number of anilines is 1. The van der Waals surface area contributed by atoms with E-state index in [2.05, 4.69) is 24.1 Å². The van der Waals surface area contributed by atoms with Crippen LogP contribution in [0.5, 0.6) is 0 Å². The highest BCUT2D eigenvalue weighted by Crippen LogP contribution is 2.16. The van der Waals surface area contributed by atoms with E-state index in [1.807, 2.05) is 7.05 Å². The van der Waals surface area contributed by atoms with E-state index in [1.165, 1.54) is 0 Å². The van der Waals surface area contributed by atoms with Gasteiger partial charge >= 0.3 is 0 Å². The second-order valence-electron chi connectivity index (χ2n) is 5.04. The highest BCUT2D eigenvalue weighted by atomic mass is 19.2. The minimum absolute atomic E-state index is 0.0406. The Morgan fingerprint density at radius 1 is 1.35 bits per heavy atom. The first kappa shape index (κ1) is 16.4. The molecular weight excluding hydrogens is 264 g/mol. The maximum absolute atomic E-state index is 13.1. The Labute approximate surface area is 117 Å². The molecule has 0 saturated carbocycles. The lowest BCUT2D eigenvalue weighted by molar-refractivity contribution is 0.0952. The van der Waals surface area contributed by atoms with Gasteiger partial charge in [-0.15, -0.1) is 0 Å². The third-order valence-electron chi connectivity index (χ3n) is 3.19. The van der Waals surface area contributed by atoms with E-state index < -0.39 is 17.5 Å². The maximum Gasteiger partial charge on any atom is 0.253 e. The minimum Gasteiger partial charge on any atom is -0.398 e. The van der Waals surface area contributed by atoms with Crippen LogP contribution < -0.4 is 11.1 Å². The Morgan fingerprint density at radius 2 is 1.95 bits per heavy atom. The van der Waals surface area contributed by atoms with Crippen LogP contribution in [-0.2, 0) is 0 Å². The molecule has 0 fully saturated rings. The maximum atomic E-state index is 13.1. The van der Waals surface area contributed by atoms with Gasteiger partial charge in [0.15, 0.2) is 11.6 Å². The van der Waals surface area contributed by atoms with Crippen LogP contribution in [0.3, 0.4) is 0 Å². The van der Waals surface area contributed by atoms with Gasteiger partial charge in [-0.25, -0.2) is 8.78 Å². The van der Waals surface area contributed by atoms with Crippen LogP contribution >= 0.6 is 0 Å². The predicted octanol–water partition coefficient (Wildman–Crippen LogP) is 2.01. The summed E-state index contributed by atoms with van der Waals surface area (Å²) in [5, 5.41) is 2.65. The van der Waals surface area contributed by atoms with E-state index in [0.29, 0.717) is 12.6 Å². The Hall–Kier alpha value is -1.69. The molecule has 4 nitrogen and oxygen atoms in total. The molecule has 0 heterocycles. The van der Waals surface area contributed by atoms with Gasteiger partial charge in [0.2, 0.25) is 0 Å². The number of nitrogen functional groups attached to an aromatic ring is 1. The van der Waals surface area contributed by atoms with Crippen molar-refractivity contribution in [1.82, 2.24) is 10.2 Å². The van der Waals surface area contributed by atoms with Gasteiger partial charge < -0.3 is 16.0 Å². The molecule has 20 heavy (non-hydrogen) atoms. The molecule has 0 atom stereocenters. The molecule has 0 spiro atoms. The van der Waals surface area contributed by atoms with Gasteiger partial charge in [-0.2, -0.15) is 0 Å². The predicted molar refractivity (Wildman–Crippen MR) is 75.5 cm³/mol. The molecule has 1 aromatic carbocycles. The van der Waals surface area contributed by atoms with Crippen LogP contribution in [0.25, 0.3) is 0 Å². The third-order valence-corrected chi connectivity index (χ3v) is 3.19. The lowest BCUT2D eigenvalue weighted by atomic mass is 10.1. The number of nitrogens with one attached hydrogen (secondary N) is 1. The average molecular weight is 285 g/mol. The van der Waals surface area contributed by atoms with E-state index in [9.17, 15) is 13.6 Å². The van der Waals surface area contributed by atoms with Gasteiger partial charge in [-0.3, -0.25) is 4.79 Å². The molecule has 0 unspecified atom stereocenters. The summed E-state index contributed by atoms with van der Waals surface area (Å²) in [7, 11) is 2.00. The lowest BCUT2D eigenvalue weighted by Gasteiger charge is -2.20. The summed E-state index contributed by atoms with van der Waals surface area (Å²) < 4.78 is 26.0. The largest absolute Gasteiger partial charge is 0.398 e. The second kappa shape index (κ2) is 7.19. The number of amides is 1.